The molecule has 1 atom stereocenters. The van der Waals surface area contributed by atoms with Crippen LogP contribution in [0.15, 0.2) is 0 Å². The van der Waals surface area contributed by atoms with Crippen molar-refractivity contribution in [3.05, 3.63) is 0 Å². The summed E-state index contributed by atoms with van der Waals surface area (Å²) in [6, 6.07) is -0.614. The van der Waals surface area contributed by atoms with Crippen LogP contribution < -0.4 is 11.1 Å². The van der Waals surface area contributed by atoms with Crippen LogP contribution in [0.5, 0.6) is 0 Å². The molecule has 0 aliphatic heterocycles. The zero-order valence-corrected chi connectivity index (χ0v) is 11.4. The fourth-order valence-corrected chi connectivity index (χ4v) is 1.27. The molecule has 1 amide bonds. The second kappa shape index (κ2) is 8.05. The topological polar surface area (TPSA) is 102 Å². The van der Waals surface area contributed by atoms with Crippen molar-refractivity contribution in [2.75, 3.05) is 13.2 Å². The Morgan fingerprint density at radius 3 is 2.44 bits per heavy atom. The van der Waals surface area contributed by atoms with Crippen LogP contribution >= 0.6 is 0 Å². The molecule has 0 aromatic heterocycles. The lowest BCUT2D eigenvalue weighted by Gasteiger charge is -2.19. The molecule has 0 aromatic rings. The third kappa shape index (κ3) is 8.95. The summed E-state index contributed by atoms with van der Waals surface area (Å²) in [5, 5.41) is 11.2. The molecule has 0 radical (unpaired) electrons. The summed E-state index contributed by atoms with van der Waals surface area (Å²) >= 11 is 0. The lowest BCUT2D eigenvalue weighted by atomic mass is 10.1. The van der Waals surface area contributed by atoms with Gasteiger partial charge >= 0.3 is 6.09 Å². The number of nitrogens with one attached hydrogen (secondary N) is 1. The van der Waals surface area contributed by atoms with Gasteiger partial charge < -0.3 is 20.9 Å². The predicted octanol–water partition coefficient (Wildman–Crippen LogP) is 0.570. The number of amides is 1. The monoisotopic (exact) mass is 260 g/mol. The van der Waals surface area contributed by atoms with Crippen LogP contribution in [0.25, 0.3) is 0 Å². The summed E-state index contributed by atoms with van der Waals surface area (Å²) in [7, 11) is 0. The van der Waals surface area contributed by atoms with Crippen LogP contribution in [-0.4, -0.2) is 41.8 Å². The fourth-order valence-electron chi connectivity index (χ4n) is 1.27. The first kappa shape index (κ1) is 16.9. The van der Waals surface area contributed by atoms with Crippen LogP contribution in [-0.2, 0) is 9.53 Å². The lowest BCUT2D eigenvalue weighted by Crippen LogP contribution is -2.34. The van der Waals surface area contributed by atoms with E-state index in [4.69, 9.17) is 15.6 Å². The molecule has 6 nitrogen and oxygen atoms in total. The first-order valence-electron chi connectivity index (χ1n) is 6.12. The molecule has 0 aliphatic carbocycles. The van der Waals surface area contributed by atoms with Crippen molar-refractivity contribution in [2.45, 2.75) is 51.7 Å². The Morgan fingerprint density at radius 1 is 1.33 bits per heavy atom. The number of ketones is 1. The molecular formula is C12H24N2O4. The molecule has 0 rings (SSSR count). The summed E-state index contributed by atoms with van der Waals surface area (Å²) in [6.07, 6.45) is 1.49. The van der Waals surface area contributed by atoms with Gasteiger partial charge in [0.15, 0.2) is 5.78 Å². The highest BCUT2D eigenvalue weighted by Gasteiger charge is 2.15. The smallest absolute Gasteiger partial charge is 0.407 e. The van der Waals surface area contributed by atoms with Gasteiger partial charge in [-0.15, -0.1) is 0 Å². The number of ether oxygens (including phenoxy) is 1. The van der Waals surface area contributed by atoms with Crippen LogP contribution in [0.2, 0.25) is 0 Å². The second-order valence-corrected chi connectivity index (χ2v) is 5.16. The van der Waals surface area contributed by atoms with Gasteiger partial charge in [0.2, 0.25) is 0 Å². The van der Waals surface area contributed by atoms with E-state index in [0.29, 0.717) is 25.8 Å². The standard InChI is InChI=1S/C12H24N2O4/c1-12(2,3)18-11(17)14-7-5-4-6-9(13)10(16)8-15/h9,15H,4-8,13H2,1-3H3,(H,14,17)/t9-/m0/s1. The molecule has 0 unspecified atom stereocenters. The van der Waals surface area contributed by atoms with E-state index in [-0.39, 0.29) is 5.78 Å². The summed E-state index contributed by atoms with van der Waals surface area (Å²) in [5.74, 6) is -0.352. The van der Waals surface area contributed by atoms with Gasteiger partial charge in [0.1, 0.15) is 12.2 Å². The van der Waals surface area contributed by atoms with Crippen molar-refractivity contribution >= 4 is 11.9 Å². The molecule has 0 fully saturated rings. The van der Waals surface area contributed by atoms with E-state index >= 15 is 0 Å². The van der Waals surface area contributed by atoms with E-state index in [1.807, 2.05) is 0 Å². The highest BCUT2D eigenvalue weighted by molar-refractivity contribution is 5.84. The number of hydrogen-bond acceptors (Lipinski definition) is 5. The van der Waals surface area contributed by atoms with Gasteiger partial charge in [0.05, 0.1) is 6.04 Å². The number of rotatable bonds is 7. The number of carbonyl (C=O) groups excluding carboxylic acids is 2. The van der Waals surface area contributed by atoms with Crippen molar-refractivity contribution in [3.63, 3.8) is 0 Å². The largest absolute Gasteiger partial charge is 0.444 e. The van der Waals surface area contributed by atoms with Gasteiger partial charge in [-0.2, -0.15) is 0 Å². The van der Waals surface area contributed by atoms with E-state index < -0.39 is 24.3 Å². The predicted molar refractivity (Wildman–Crippen MR) is 68.2 cm³/mol. The highest BCUT2D eigenvalue weighted by atomic mass is 16.6. The Morgan fingerprint density at radius 2 is 1.94 bits per heavy atom. The molecule has 0 saturated carbocycles. The van der Waals surface area contributed by atoms with Crippen molar-refractivity contribution in [3.8, 4) is 0 Å². The van der Waals surface area contributed by atoms with E-state index in [9.17, 15) is 9.59 Å². The first-order valence-corrected chi connectivity index (χ1v) is 6.12. The van der Waals surface area contributed by atoms with Crippen LogP contribution in [0.4, 0.5) is 4.79 Å². The van der Waals surface area contributed by atoms with Gasteiger partial charge in [-0.25, -0.2) is 4.79 Å². The van der Waals surface area contributed by atoms with Crippen LogP contribution in [0.1, 0.15) is 40.0 Å². The normalized spacial score (nSPS) is 12.9. The Kier molecular flexibility index (Phi) is 7.54. The molecule has 106 valence electrons. The highest BCUT2D eigenvalue weighted by Crippen LogP contribution is 2.06. The van der Waals surface area contributed by atoms with Gasteiger partial charge in [0, 0.05) is 6.54 Å². The molecule has 0 bridgehead atoms. The van der Waals surface area contributed by atoms with Crippen LogP contribution in [0.3, 0.4) is 0 Å². The SMILES string of the molecule is CC(C)(C)OC(=O)NCCCC[C@H](N)C(=O)CO. The van der Waals surface area contributed by atoms with Crippen molar-refractivity contribution < 1.29 is 19.4 Å². The van der Waals surface area contributed by atoms with Crippen LogP contribution in [0, 0.1) is 0 Å². The average molecular weight is 260 g/mol. The quantitative estimate of drug-likeness (QED) is 0.581. The summed E-state index contributed by atoms with van der Waals surface area (Å²) in [4.78, 5) is 22.2. The molecule has 6 heteroatoms. The number of carbonyl (C=O) groups is 2. The zero-order chi connectivity index (χ0) is 14.2. The maximum absolute atomic E-state index is 11.3. The minimum absolute atomic E-state index is 0.352. The Balaban J connectivity index is 3.57. The third-order valence-electron chi connectivity index (χ3n) is 2.18. The van der Waals surface area contributed by atoms with E-state index in [0.717, 1.165) is 0 Å². The maximum atomic E-state index is 11.3. The minimum atomic E-state index is -0.614. The number of Topliss-reactive ketones (excluding diaryl/α,β-unsaturated/α-hetero) is 1. The first-order chi connectivity index (χ1) is 8.26. The molecule has 0 spiro atoms. The lowest BCUT2D eigenvalue weighted by molar-refractivity contribution is -0.123. The molecule has 0 heterocycles. The maximum Gasteiger partial charge on any atom is 0.407 e. The summed E-state index contributed by atoms with van der Waals surface area (Å²) < 4.78 is 5.06. The molecule has 0 aromatic carbocycles. The van der Waals surface area contributed by atoms with Crippen molar-refractivity contribution in [2.24, 2.45) is 5.73 Å². The minimum Gasteiger partial charge on any atom is -0.444 e. The average Bonchev–Trinajstić information content (AvgIpc) is 2.24. The zero-order valence-electron chi connectivity index (χ0n) is 11.4. The number of hydrogen-bond donors (Lipinski definition) is 3. The molecule has 18 heavy (non-hydrogen) atoms. The van der Waals surface area contributed by atoms with E-state index in [2.05, 4.69) is 5.32 Å². The molecule has 0 aliphatic rings. The van der Waals surface area contributed by atoms with Gasteiger partial charge in [-0.05, 0) is 40.0 Å². The van der Waals surface area contributed by atoms with Gasteiger partial charge in [0.25, 0.3) is 0 Å². The third-order valence-corrected chi connectivity index (χ3v) is 2.18. The van der Waals surface area contributed by atoms with Crippen molar-refractivity contribution in [1.29, 1.82) is 0 Å². The number of aliphatic hydroxyl groups is 1. The van der Waals surface area contributed by atoms with E-state index in [1.165, 1.54) is 0 Å². The molecular weight excluding hydrogens is 236 g/mol. The van der Waals surface area contributed by atoms with Gasteiger partial charge in [-0.1, -0.05) is 0 Å². The molecule has 0 saturated heterocycles. The summed E-state index contributed by atoms with van der Waals surface area (Å²) in [6.45, 7) is 5.36. The fraction of sp³-hybridized carbons (Fsp3) is 0.833. The second-order valence-electron chi connectivity index (χ2n) is 5.16. The van der Waals surface area contributed by atoms with E-state index in [1.54, 1.807) is 20.8 Å². The number of aliphatic hydroxyl groups excluding tert-OH is 1. The van der Waals surface area contributed by atoms with Gasteiger partial charge in [-0.3, -0.25) is 4.79 Å². The summed E-state index contributed by atoms with van der Waals surface area (Å²) in [5.41, 5.74) is 5.03. The Hall–Kier alpha value is -1.14. The molecule has 4 N–H and O–H groups in total. The Labute approximate surface area is 108 Å². The number of alkyl carbamates (subject to hydrolysis) is 1. The number of nitrogens with two attached hydrogens (primary N) is 1. The number of unbranched alkanes of at least 4 members (excludes halogenated alkanes) is 1. The van der Waals surface area contributed by atoms with Crippen molar-refractivity contribution in [1.82, 2.24) is 5.32 Å². The Bertz CT molecular complexity index is 274.